The van der Waals surface area contributed by atoms with E-state index in [-0.39, 0.29) is 18.5 Å². The molecule has 1 saturated heterocycles. The molecular weight excluding hydrogens is 328 g/mol. The summed E-state index contributed by atoms with van der Waals surface area (Å²) in [5, 5.41) is 8.94. The SMILES string of the molecule is CC(C)c1ccc(CCC(=O)N2CCCC(N(C)CC(=O)O)CC2)cc1. The molecule has 1 aliphatic heterocycles. The first kappa shape index (κ1) is 20.4. The Bertz CT molecular complexity index is 598. The highest BCUT2D eigenvalue weighted by Crippen LogP contribution is 2.18. The van der Waals surface area contributed by atoms with Crippen molar-refractivity contribution < 1.29 is 14.7 Å². The minimum absolute atomic E-state index is 0.0605. The number of carboxylic acids is 1. The molecule has 1 heterocycles. The number of carbonyl (C=O) groups excluding carboxylic acids is 1. The van der Waals surface area contributed by atoms with Crippen LogP contribution in [0.1, 0.15) is 56.6 Å². The number of benzene rings is 1. The number of carboxylic acid groups (broad SMARTS) is 1. The van der Waals surface area contributed by atoms with E-state index in [2.05, 4.69) is 38.1 Å². The fourth-order valence-corrected chi connectivity index (χ4v) is 3.59. The smallest absolute Gasteiger partial charge is 0.317 e. The van der Waals surface area contributed by atoms with Crippen molar-refractivity contribution in [2.45, 2.75) is 57.9 Å². The molecule has 5 nitrogen and oxygen atoms in total. The molecular formula is C21H32N2O3. The molecule has 144 valence electrons. The van der Waals surface area contributed by atoms with E-state index >= 15 is 0 Å². The van der Waals surface area contributed by atoms with Crippen molar-refractivity contribution in [2.24, 2.45) is 0 Å². The Morgan fingerprint density at radius 1 is 1.19 bits per heavy atom. The molecule has 2 rings (SSSR count). The Hall–Kier alpha value is -1.88. The van der Waals surface area contributed by atoms with Crippen LogP contribution in [-0.4, -0.2) is 59.5 Å². The zero-order valence-corrected chi connectivity index (χ0v) is 16.3. The van der Waals surface area contributed by atoms with Crippen molar-refractivity contribution in [3.05, 3.63) is 35.4 Å². The van der Waals surface area contributed by atoms with Crippen LogP contribution in [-0.2, 0) is 16.0 Å². The molecule has 0 radical (unpaired) electrons. The number of carbonyl (C=O) groups is 2. The standard InChI is InChI=1S/C21H32N2O3/c1-16(2)18-9-6-17(7-10-18)8-11-20(24)23-13-4-5-19(12-14-23)22(3)15-21(25)26/h6-7,9-10,16,19H,4-5,8,11-15H2,1-3H3,(H,25,26). The second-order valence-corrected chi connectivity index (χ2v) is 7.67. The summed E-state index contributed by atoms with van der Waals surface area (Å²) in [6.45, 7) is 5.92. The molecule has 0 aromatic heterocycles. The highest BCUT2D eigenvalue weighted by Gasteiger charge is 2.23. The molecule has 1 aliphatic rings. The molecule has 1 aromatic rings. The topological polar surface area (TPSA) is 60.9 Å². The first-order valence-corrected chi connectivity index (χ1v) is 9.65. The summed E-state index contributed by atoms with van der Waals surface area (Å²) in [7, 11) is 1.86. The highest BCUT2D eigenvalue weighted by atomic mass is 16.4. The normalized spacial score (nSPS) is 18.2. The number of amides is 1. The maximum Gasteiger partial charge on any atom is 0.317 e. The van der Waals surface area contributed by atoms with Crippen molar-refractivity contribution in [3.63, 3.8) is 0 Å². The van der Waals surface area contributed by atoms with Crippen molar-refractivity contribution >= 4 is 11.9 Å². The molecule has 1 fully saturated rings. The van der Waals surface area contributed by atoms with Crippen LogP contribution in [0.4, 0.5) is 0 Å². The molecule has 0 aliphatic carbocycles. The molecule has 5 heteroatoms. The number of aryl methyl sites for hydroxylation is 1. The lowest BCUT2D eigenvalue weighted by atomic mass is 10.0. The zero-order valence-electron chi connectivity index (χ0n) is 16.3. The van der Waals surface area contributed by atoms with Gasteiger partial charge in [0.1, 0.15) is 0 Å². The van der Waals surface area contributed by atoms with Gasteiger partial charge in [-0.1, -0.05) is 38.1 Å². The Balaban J connectivity index is 1.81. The maximum absolute atomic E-state index is 12.6. The number of likely N-dealkylation sites (tertiary alicyclic amines) is 1. The van der Waals surface area contributed by atoms with Gasteiger partial charge in [0.2, 0.25) is 5.91 Å². The number of rotatable bonds is 7. The second kappa shape index (κ2) is 9.72. The Morgan fingerprint density at radius 3 is 2.50 bits per heavy atom. The van der Waals surface area contributed by atoms with Gasteiger partial charge in [-0.25, -0.2) is 0 Å². The zero-order chi connectivity index (χ0) is 19.1. The van der Waals surface area contributed by atoms with E-state index < -0.39 is 5.97 Å². The van der Waals surface area contributed by atoms with E-state index in [1.54, 1.807) is 0 Å². The number of aliphatic carboxylic acids is 1. The number of hydrogen-bond donors (Lipinski definition) is 1. The fourth-order valence-electron chi connectivity index (χ4n) is 3.59. The number of hydrogen-bond acceptors (Lipinski definition) is 3. The lowest BCUT2D eigenvalue weighted by molar-refractivity contribution is -0.138. The van der Waals surface area contributed by atoms with Gasteiger partial charge in [-0.3, -0.25) is 14.5 Å². The summed E-state index contributed by atoms with van der Waals surface area (Å²) in [5.74, 6) is -0.0670. The van der Waals surface area contributed by atoms with Gasteiger partial charge >= 0.3 is 5.97 Å². The van der Waals surface area contributed by atoms with Crippen LogP contribution in [0.5, 0.6) is 0 Å². The average Bonchev–Trinajstić information content (AvgIpc) is 2.85. The number of nitrogens with zero attached hydrogens (tertiary/aromatic N) is 2. The van der Waals surface area contributed by atoms with Crippen LogP contribution >= 0.6 is 0 Å². The van der Waals surface area contributed by atoms with E-state index in [4.69, 9.17) is 5.11 Å². The first-order chi connectivity index (χ1) is 12.4. The molecule has 0 saturated carbocycles. The highest BCUT2D eigenvalue weighted by molar-refractivity contribution is 5.76. The van der Waals surface area contributed by atoms with Crippen LogP contribution in [0.2, 0.25) is 0 Å². The van der Waals surface area contributed by atoms with Gasteiger partial charge in [0, 0.05) is 25.6 Å². The quantitative estimate of drug-likeness (QED) is 0.811. The molecule has 1 N–H and O–H groups in total. The van der Waals surface area contributed by atoms with E-state index in [0.717, 1.165) is 38.8 Å². The van der Waals surface area contributed by atoms with Crippen molar-refractivity contribution in [1.29, 1.82) is 0 Å². The predicted molar refractivity (Wildman–Crippen MR) is 103 cm³/mol. The molecule has 0 spiro atoms. The third-order valence-electron chi connectivity index (χ3n) is 5.33. The summed E-state index contributed by atoms with van der Waals surface area (Å²) in [4.78, 5) is 27.3. The fraction of sp³-hybridized carbons (Fsp3) is 0.619. The third-order valence-corrected chi connectivity index (χ3v) is 5.33. The third kappa shape index (κ3) is 6.13. The molecule has 26 heavy (non-hydrogen) atoms. The van der Waals surface area contributed by atoms with Crippen molar-refractivity contribution in [1.82, 2.24) is 9.80 Å². The average molecular weight is 360 g/mol. The summed E-state index contributed by atoms with van der Waals surface area (Å²) in [6, 6.07) is 8.80. The molecule has 1 aromatic carbocycles. The Kier molecular flexibility index (Phi) is 7.64. The van der Waals surface area contributed by atoms with Crippen LogP contribution in [0, 0.1) is 0 Å². The van der Waals surface area contributed by atoms with E-state index in [9.17, 15) is 9.59 Å². The van der Waals surface area contributed by atoms with Gasteiger partial charge in [0.15, 0.2) is 0 Å². The van der Waals surface area contributed by atoms with Gasteiger partial charge in [-0.2, -0.15) is 0 Å². The van der Waals surface area contributed by atoms with Crippen LogP contribution in [0.15, 0.2) is 24.3 Å². The van der Waals surface area contributed by atoms with Gasteiger partial charge in [-0.15, -0.1) is 0 Å². The molecule has 1 unspecified atom stereocenters. The van der Waals surface area contributed by atoms with E-state index in [1.165, 1.54) is 11.1 Å². The predicted octanol–water partition coefficient (Wildman–Crippen LogP) is 3.14. The lowest BCUT2D eigenvalue weighted by Crippen LogP contribution is -2.37. The Morgan fingerprint density at radius 2 is 1.88 bits per heavy atom. The lowest BCUT2D eigenvalue weighted by Gasteiger charge is -2.25. The first-order valence-electron chi connectivity index (χ1n) is 9.65. The van der Waals surface area contributed by atoms with Crippen molar-refractivity contribution in [3.8, 4) is 0 Å². The van der Waals surface area contributed by atoms with Crippen molar-refractivity contribution in [2.75, 3.05) is 26.7 Å². The van der Waals surface area contributed by atoms with Crippen LogP contribution < -0.4 is 0 Å². The van der Waals surface area contributed by atoms with Gasteiger partial charge in [0.05, 0.1) is 6.54 Å². The molecule has 0 bridgehead atoms. The largest absolute Gasteiger partial charge is 0.480 e. The van der Waals surface area contributed by atoms with Gasteiger partial charge < -0.3 is 10.0 Å². The summed E-state index contributed by atoms with van der Waals surface area (Å²) >= 11 is 0. The summed E-state index contributed by atoms with van der Waals surface area (Å²) < 4.78 is 0. The minimum Gasteiger partial charge on any atom is -0.480 e. The molecule has 1 amide bonds. The Labute approximate surface area is 157 Å². The monoisotopic (exact) mass is 360 g/mol. The summed E-state index contributed by atoms with van der Waals surface area (Å²) in [6.07, 6.45) is 4.04. The van der Waals surface area contributed by atoms with Crippen LogP contribution in [0.25, 0.3) is 0 Å². The second-order valence-electron chi connectivity index (χ2n) is 7.67. The van der Waals surface area contributed by atoms with E-state index in [1.807, 2.05) is 16.8 Å². The van der Waals surface area contributed by atoms with Gasteiger partial charge in [0.25, 0.3) is 0 Å². The maximum atomic E-state index is 12.6. The van der Waals surface area contributed by atoms with Crippen LogP contribution in [0.3, 0.4) is 0 Å². The van der Waals surface area contributed by atoms with E-state index in [0.29, 0.717) is 12.3 Å². The number of likely N-dealkylation sites (N-methyl/N-ethyl adjacent to an activating group) is 1. The summed E-state index contributed by atoms with van der Waals surface area (Å²) in [5.41, 5.74) is 2.53. The minimum atomic E-state index is -0.798. The van der Waals surface area contributed by atoms with Gasteiger partial charge in [-0.05, 0) is 49.8 Å². The molecule has 1 atom stereocenters.